The summed E-state index contributed by atoms with van der Waals surface area (Å²) in [5.41, 5.74) is 0.437. The van der Waals surface area contributed by atoms with E-state index >= 15 is 0 Å². The Bertz CT molecular complexity index is 1070. The van der Waals surface area contributed by atoms with Crippen LogP contribution in [-0.4, -0.2) is 103 Å². The van der Waals surface area contributed by atoms with E-state index in [9.17, 15) is 24.6 Å². The first-order chi connectivity index (χ1) is 27.9. The number of hydrogen-bond donors (Lipinski definition) is 4. The molecule has 0 bridgehead atoms. The molecule has 11 nitrogen and oxygen atoms in total. The third-order valence-electron chi connectivity index (χ3n) is 10.7. The van der Waals surface area contributed by atoms with Crippen LogP contribution in [0.5, 0.6) is 0 Å². The normalized spacial score (nSPS) is 15.4. The number of carbonyl (C=O) groups is 3. The number of nitrogens with zero attached hydrogens (tertiary/aromatic N) is 1. The molecule has 1 rings (SSSR count). The van der Waals surface area contributed by atoms with Gasteiger partial charge in [0.2, 0.25) is 11.8 Å². The van der Waals surface area contributed by atoms with Crippen LogP contribution in [-0.2, 0) is 23.8 Å². The van der Waals surface area contributed by atoms with Gasteiger partial charge < -0.3 is 40.0 Å². The van der Waals surface area contributed by atoms with Crippen LogP contribution in [0.3, 0.4) is 0 Å². The van der Waals surface area contributed by atoms with E-state index in [4.69, 9.17) is 14.2 Å². The summed E-state index contributed by atoms with van der Waals surface area (Å²) in [5.74, 6) is 0.184. The van der Waals surface area contributed by atoms with Crippen LogP contribution in [0.2, 0.25) is 0 Å². The molecular weight excluding hydrogens is 735 g/mol. The molecule has 1 heterocycles. The van der Waals surface area contributed by atoms with Crippen LogP contribution < -0.4 is 10.6 Å². The molecule has 0 fully saturated rings. The van der Waals surface area contributed by atoms with Gasteiger partial charge in [-0.1, -0.05) is 129 Å². The highest BCUT2D eigenvalue weighted by molar-refractivity contribution is 5.96. The minimum absolute atomic E-state index is 0.0314. The Morgan fingerprint density at radius 1 is 0.690 bits per heavy atom. The molecular formula is C47H89N3O8. The summed E-state index contributed by atoms with van der Waals surface area (Å²) in [5, 5.41) is 26.0. The van der Waals surface area contributed by atoms with Gasteiger partial charge >= 0.3 is 6.09 Å². The summed E-state index contributed by atoms with van der Waals surface area (Å²) in [6.07, 6.45) is 28.8. The minimum Gasteiger partial charge on any atom is -0.444 e. The lowest BCUT2D eigenvalue weighted by molar-refractivity contribution is -0.127. The van der Waals surface area contributed by atoms with Crippen LogP contribution in [0.25, 0.3) is 0 Å². The van der Waals surface area contributed by atoms with Crippen molar-refractivity contribution in [2.45, 2.75) is 225 Å². The van der Waals surface area contributed by atoms with Crippen molar-refractivity contribution < 1.29 is 38.8 Å². The number of aliphatic hydroxyl groups is 2. The highest BCUT2D eigenvalue weighted by atomic mass is 16.6. The number of alkyl carbamates (subject to hydrolysis) is 1. The number of rotatable bonds is 39. The zero-order chi connectivity index (χ0) is 42.7. The zero-order valence-corrected chi connectivity index (χ0v) is 37.9. The first-order valence-electron chi connectivity index (χ1n) is 23.7. The second kappa shape index (κ2) is 35.5. The summed E-state index contributed by atoms with van der Waals surface area (Å²) in [4.78, 5) is 38.8. The fraction of sp³-hybridized carbons (Fsp3) is 0.894. The molecule has 0 saturated carbocycles. The van der Waals surface area contributed by atoms with Crippen molar-refractivity contribution in [3.05, 3.63) is 11.6 Å². The number of ether oxygens (including phenoxy) is 3. The predicted octanol–water partition coefficient (Wildman–Crippen LogP) is 9.70. The van der Waals surface area contributed by atoms with Crippen molar-refractivity contribution in [3.63, 3.8) is 0 Å². The molecule has 4 N–H and O–H groups in total. The maximum absolute atomic E-state index is 13.0. The number of carbonyl (C=O) groups excluding carboxylic acids is 3. The van der Waals surface area contributed by atoms with Gasteiger partial charge in [0.1, 0.15) is 5.60 Å². The Morgan fingerprint density at radius 2 is 1.17 bits per heavy atom. The van der Waals surface area contributed by atoms with Gasteiger partial charge in [-0.05, 0) is 72.6 Å². The summed E-state index contributed by atoms with van der Waals surface area (Å²) >= 11 is 0. The lowest BCUT2D eigenvalue weighted by atomic mass is 10.0. The average molecular weight is 824 g/mol. The Hall–Kier alpha value is -2.21. The van der Waals surface area contributed by atoms with Crippen molar-refractivity contribution in [1.82, 2.24) is 15.5 Å². The zero-order valence-electron chi connectivity index (χ0n) is 37.9. The lowest BCUT2D eigenvalue weighted by Gasteiger charge is -2.22. The molecule has 0 aliphatic carbocycles. The van der Waals surface area contributed by atoms with E-state index in [0.29, 0.717) is 52.5 Å². The summed E-state index contributed by atoms with van der Waals surface area (Å²) in [6.45, 7) is 13.2. The second-order valence-electron chi connectivity index (χ2n) is 17.7. The topological polar surface area (TPSA) is 147 Å². The Kier molecular flexibility index (Phi) is 33.0. The SMILES string of the molecule is CCCCCCCCCC[C@H](O)COCCOC[C@@H](O)CCCCCCCCCCCCC1=C[C@H](C)N(CCCNC(=O)CCCCCNC(=O)OC(C)(C)C)C1=O. The van der Waals surface area contributed by atoms with Crippen molar-refractivity contribution >= 4 is 17.9 Å². The maximum atomic E-state index is 13.0. The molecule has 0 radical (unpaired) electrons. The first kappa shape index (κ1) is 53.8. The van der Waals surface area contributed by atoms with Gasteiger partial charge in [-0.2, -0.15) is 0 Å². The quantitative estimate of drug-likeness (QED) is 0.0449. The number of nitrogens with one attached hydrogen (secondary N) is 2. The van der Waals surface area contributed by atoms with Gasteiger partial charge in [-0.3, -0.25) is 9.59 Å². The molecule has 1 aliphatic rings. The molecule has 0 spiro atoms. The Balaban J connectivity index is 1.90. The molecule has 3 atom stereocenters. The van der Waals surface area contributed by atoms with Crippen molar-refractivity contribution in [2.75, 3.05) is 46.1 Å². The number of aliphatic hydroxyl groups excluding tert-OH is 2. The summed E-state index contributed by atoms with van der Waals surface area (Å²) in [6, 6.07) is 0.106. The monoisotopic (exact) mass is 824 g/mol. The number of unbranched alkanes of at least 4 members (excludes halogenated alkanes) is 18. The molecule has 0 saturated heterocycles. The minimum atomic E-state index is -0.507. The molecule has 58 heavy (non-hydrogen) atoms. The van der Waals surface area contributed by atoms with Gasteiger partial charge in [-0.25, -0.2) is 4.79 Å². The van der Waals surface area contributed by atoms with Crippen LogP contribution in [0.1, 0.15) is 202 Å². The molecule has 340 valence electrons. The fourth-order valence-corrected chi connectivity index (χ4v) is 7.32. The van der Waals surface area contributed by atoms with Gasteiger partial charge in [0.05, 0.1) is 38.6 Å². The first-order valence-corrected chi connectivity index (χ1v) is 23.7. The van der Waals surface area contributed by atoms with E-state index in [1.165, 1.54) is 83.5 Å². The summed E-state index contributed by atoms with van der Waals surface area (Å²) < 4.78 is 16.3. The van der Waals surface area contributed by atoms with Crippen molar-refractivity contribution in [3.8, 4) is 0 Å². The van der Waals surface area contributed by atoms with E-state index in [1.807, 2.05) is 25.7 Å². The Morgan fingerprint density at radius 3 is 1.71 bits per heavy atom. The standard InChI is InChI=1S/C47H89N3O8/c1-6-7-8-9-10-16-19-23-29-42(51)38-56-35-36-57-39-43(52)30-24-20-17-14-12-11-13-15-18-22-28-41-37-40(2)50(45(41)54)34-27-33-48-44(53)31-25-21-26-32-49-46(55)58-47(3,4)5/h37,40,42-43,51-52H,6-36,38-39H2,1-5H3,(H,48,53)(H,49,55)/t40-,42-,43-/m0/s1. The second-order valence-corrected chi connectivity index (χ2v) is 17.7. The van der Waals surface area contributed by atoms with Gasteiger partial charge in [-0.15, -0.1) is 0 Å². The largest absolute Gasteiger partial charge is 0.444 e. The van der Waals surface area contributed by atoms with Gasteiger partial charge in [0.15, 0.2) is 0 Å². The number of amides is 3. The van der Waals surface area contributed by atoms with Crippen LogP contribution >= 0.6 is 0 Å². The highest BCUT2D eigenvalue weighted by Gasteiger charge is 2.28. The summed E-state index contributed by atoms with van der Waals surface area (Å²) in [7, 11) is 0. The molecule has 1 aliphatic heterocycles. The number of hydrogen-bond acceptors (Lipinski definition) is 8. The molecule has 0 unspecified atom stereocenters. The van der Waals surface area contributed by atoms with Gasteiger partial charge in [0, 0.05) is 37.7 Å². The van der Waals surface area contributed by atoms with E-state index in [1.54, 1.807) is 0 Å². The average Bonchev–Trinajstić information content (AvgIpc) is 3.44. The van der Waals surface area contributed by atoms with E-state index in [-0.39, 0.29) is 17.9 Å². The van der Waals surface area contributed by atoms with Crippen LogP contribution in [0.4, 0.5) is 4.79 Å². The smallest absolute Gasteiger partial charge is 0.407 e. The molecule has 0 aromatic rings. The maximum Gasteiger partial charge on any atom is 0.407 e. The fourth-order valence-electron chi connectivity index (χ4n) is 7.32. The molecule has 0 aromatic carbocycles. The van der Waals surface area contributed by atoms with Gasteiger partial charge in [0.25, 0.3) is 0 Å². The predicted molar refractivity (Wildman–Crippen MR) is 236 cm³/mol. The molecule has 0 aromatic heterocycles. The molecule has 3 amide bonds. The van der Waals surface area contributed by atoms with Crippen molar-refractivity contribution in [2.24, 2.45) is 0 Å². The lowest BCUT2D eigenvalue weighted by Crippen LogP contribution is -2.35. The van der Waals surface area contributed by atoms with Crippen molar-refractivity contribution in [1.29, 1.82) is 0 Å². The highest BCUT2D eigenvalue weighted by Crippen LogP contribution is 2.23. The van der Waals surface area contributed by atoms with Crippen LogP contribution in [0, 0.1) is 0 Å². The third kappa shape index (κ3) is 31.7. The third-order valence-corrected chi connectivity index (χ3v) is 10.7. The van der Waals surface area contributed by atoms with E-state index in [0.717, 1.165) is 82.6 Å². The van der Waals surface area contributed by atoms with E-state index < -0.39 is 23.9 Å². The van der Waals surface area contributed by atoms with E-state index in [2.05, 4.69) is 30.6 Å². The Labute approximate surface area is 354 Å². The molecule has 11 heteroatoms. The van der Waals surface area contributed by atoms with Crippen LogP contribution in [0.15, 0.2) is 11.6 Å².